The van der Waals surface area contributed by atoms with Crippen LogP contribution in [0.3, 0.4) is 0 Å². The Labute approximate surface area is 144 Å². The summed E-state index contributed by atoms with van der Waals surface area (Å²) in [5.74, 6) is 1.20. The third-order valence-corrected chi connectivity index (χ3v) is 4.47. The Hall–Kier alpha value is -2.04. The minimum atomic E-state index is -0.832. The summed E-state index contributed by atoms with van der Waals surface area (Å²) in [6, 6.07) is 7.35. The molecule has 2 amide bonds. The number of ether oxygens (including phenoxy) is 1. The smallest absolute Gasteiger partial charge is 0.246 e. The van der Waals surface area contributed by atoms with Crippen molar-refractivity contribution in [2.45, 2.75) is 52.5 Å². The van der Waals surface area contributed by atoms with Gasteiger partial charge in [0.2, 0.25) is 11.8 Å². The minimum Gasteiger partial charge on any atom is -0.494 e. The van der Waals surface area contributed by atoms with Crippen LogP contribution in [0.4, 0.5) is 5.69 Å². The highest BCUT2D eigenvalue weighted by Gasteiger charge is 2.47. The molecular weight excluding hydrogens is 304 g/mol. The van der Waals surface area contributed by atoms with Gasteiger partial charge in [-0.2, -0.15) is 0 Å². The molecule has 1 heterocycles. The van der Waals surface area contributed by atoms with Crippen molar-refractivity contribution >= 4 is 17.5 Å². The number of hydrogen-bond donors (Lipinski definition) is 1. The highest BCUT2D eigenvalue weighted by atomic mass is 16.5. The van der Waals surface area contributed by atoms with Gasteiger partial charge in [-0.05, 0) is 56.9 Å². The van der Waals surface area contributed by atoms with E-state index in [-0.39, 0.29) is 11.8 Å². The summed E-state index contributed by atoms with van der Waals surface area (Å²) < 4.78 is 5.44. The van der Waals surface area contributed by atoms with Gasteiger partial charge in [0.05, 0.1) is 6.61 Å². The zero-order chi connectivity index (χ0) is 17.7. The van der Waals surface area contributed by atoms with Crippen molar-refractivity contribution < 1.29 is 14.3 Å². The average molecular weight is 332 g/mol. The van der Waals surface area contributed by atoms with E-state index in [1.54, 1.807) is 4.90 Å². The van der Waals surface area contributed by atoms with Crippen molar-refractivity contribution in [1.82, 2.24) is 5.32 Å². The molecule has 0 radical (unpaired) electrons. The van der Waals surface area contributed by atoms with Crippen molar-refractivity contribution in [3.8, 4) is 5.75 Å². The Morgan fingerprint density at radius 2 is 2.00 bits per heavy atom. The molecule has 0 aromatic heterocycles. The molecule has 132 valence electrons. The lowest BCUT2D eigenvalue weighted by Crippen LogP contribution is -2.55. The van der Waals surface area contributed by atoms with E-state index in [1.165, 1.54) is 0 Å². The first-order chi connectivity index (χ1) is 11.4. The Morgan fingerprint density at radius 3 is 2.58 bits per heavy atom. The summed E-state index contributed by atoms with van der Waals surface area (Å²) >= 11 is 0. The molecule has 0 spiro atoms. The fourth-order valence-corrected chi connectivity index (χ4v) is 3.02. The van der Waals surface area contributed by atoms with Crippen LogP contribution in [0.2, 0.25) is 0 Å². The number of nitrogens with zero attached hydrogens (tertiary/aromatic N) is 1. The Balaban J connectivity index is 2.16. The van der Waals surface area contributed by atoms with Crippen LogP contribution in [0.25, 0.3) is 0 Å². The van der Waals surface area contributed by atoms with Crippen LogP contribution >= 0.6 is 0 Å². The monoisotopic (exact) mass is 332 g/mol. The maximum absolute atomic E-state index is 12.7. The predicted molar refractivity (Wildman–Crippen MR) is 95.2 cm³/mol. The van der Waals surface area contributed by atoms with Gasteiger partial charge in [0, 0.05) is 18.7 Å². The van der Waals surface area contributed by atoms with E-state index >= 15 is 0 Å². The number of amides is 2. The Morgan fingerprint density at radius 1 is 1.33 bits per heavy atom. The molecule has 1 saturated heterocycles. The molecule has 2 rings (SSSR count). The predicted octanol–water partition coefficient (Wildman–Crippen LogP) is 3.13. The number of rotatable bonds is 7. The molecule has 5 nitrogen and oxygen atoms in total. The van der Waals surface area contributed by atoms with E-state index in [2.05, 4.69) is 19.2 Å². The van der Waals surface area contributed by atoms with Crippen LogP contribution in [0.15, 0.2) is 24.3 Å². The van der Waals surface area contributed by atoms with E-state index in [0.29, 0.717) is 31.9 Å². The topological polar surface area (TPSA) is 58.6 Å². The number of carbonyl (C=O) groups is 2. The molecule has 0 saturated carbocycles. The molecule has 0 unspecified atom stereocenters. The van der Waals surface area contributed by atoms with Gasteiger partial charge in [-0.1, -0.05) is 13.8 Å². The fraction of sp³-hybridized carbons (Fsp3) is 0.579. The largest absolute Gasteiger partial charge is 0.494 e. The van der Waals surface area contributed by atoms with Gasteiger partial charge in [0.25, 0.3) is 0 Å². The third kappa shape index (κ3) is 3.89. The van der Waals surface area contributed by atoms with Gasteiger partial charge in [0.15, 0.2) is 0 Å². The van der Waals surface area contributed by atoms with Crippen molar-refractivity contribution in [3.05, 3.63) is 24.3 Å². The SMILES string of the molecule is CCOc1ccc(N2C(=O)CC[C@@]2(C)C(=O)NCCC(C)C)cc1. The Bertz CT molecular complexity index is 583. The second-order valence-electron chi connectivity index (χ2n) is 6.87. The lowest BCUT2D eigenvalue weighted by atomic mass is 9.96. The lowest BCUT2D eigenvalue weighted by Gasteiger charge is -2.34. The van der Waals surface area contributed by atoms with Gasteiger partial charge in [-0.3, -0.25) is 14.5 Å². The molecule has 1 aromatic carbocycles. The first kappa shape index (κ1) is 18.3. The number of hydrogen-bond acceptors (Lipinski definition) is 3. The van der Waals surface area contributed by atoms with Gasteiger partial charge >= 0.3 is 0 Å². The summed E-state index contributed by atoms with van der Waals surface area (Å²) in [6.07, 6.45) is 1.85. The summed E-state index contributed by atoms with van der Waals surface area (Å²) in [5.41, 5.74) is -0.0938. The number of benzene rings is 1. The second-order valence-corrected chi connectivity index (χ2v) is 6.87. The van der Waals surface area contributed by atoms with Crippen molar-refractivity contribution in [3.63, 3.8) is 0 Å². The standard InChI is InChI=1S/C19H28N2O3/c1-5-24-16-8-6-15(7-9-16)21-17(22)10-12-19(21,4)18(23)20-13-11-14(2)3/h6-9,14H,5,10-13H2,1-4H3,(H,20,23)/t19-/m0/s1. The van der Waals surface area contributed by atoms with Gasteiger partial charge in [-0.15, -0.1) is 0 Å². The molecule has 1 aromatic rings. The van der Waals surface area contributed by atoms with Crippen LogP contribution in [-0.2, 0) is 9.59 Å². The molecule has 24 heavy (non-hydrogen) atoms. The highest BCUT2D eigenvalue weighted by molar-refractivity contribution is 6.06. The van der Waals surface area contributed by atoms with Gasteiger partial charge in [-0.25, -0.2) is 0 Å². The van der Waals surface area contributed by atoms with Crippen LogP contribution in [0.5, 0.6) is 5.75 Å². The molecule has 1 N–H and O–H groups in total. The van der Waals surface area contributed by atoms with E-state index in [9.17, 15) is 9.59 Å². The van der Waals surface area contributed by atoms with E-state index in [1.807, 2.05) is 38.1 Å². The molecule has 1 aliphatic rings. The maximum atomic E-state index is 12.7. The zero-order valence-electron chi connectivity index (χ0n) is 15.1. The molecule has 0 bridgehead atoms. The van der Waals surface area contributed by atoms with E-state index in [0.717, 1.165) is 17.9 Å². The van der Waals surface area contributed by atoms with Crippen LogP contribution in [-0.4, -0.2) is 30.5 Å². The number of carbonyl (C=O) groups excluding carboxylic acids is 2. The number of anilines is 1. The molecule has 1 atom stereocenters. The normalized spacial score (nSPS) is 20.5. The number of nitrogens with one attached hydrogen (secondary N) is 1. The van der Waals surface area contributed by atoms with E-state index in [4.69, 9.17) is 4.74 Å². The minimum absolute atomic E-state index is 0.0133. The molecule has 1 fully saturated rings. The van der Waals surface area contributed by atoms with Crippen molar-refractivity contribution in [1.29, 1.82) is 0 Å². The van der Waals surface area contributed by atoms with E-state index < -0.39 is 5.54 Å². The van der Waals surface area contributed by atoms with Crippen molar-refractivity contribution in [2.75, 3.05) is 18.1 Å². The average Bonchev–Trinajstić information content (AvgIpc) is 2.85. The quantitative estimate of drug-likeness (QED) is 0.834. The van der Waals surface area contributed by atoms with Gasteiger partial charge < -0.3 is 10.1 Å². The third-order valence-electron chi connectivity index (χ3n) is 4.47. The molecule has 5 heteroatoms. The first-order valence-electron chi connectivity index (χ1n) is 8.72. The summed E-state index contributed by atoms with van der Waals surface area (Å²) in [5, 5.41) is 2.99. The van der Waals surface area contributed by atoms with Crippen LogP contribution in [0.1, 0.15) is 47.0 Å². The fourth-order valence-electron chi connectivity index (χ4n) is 3.02. The lowest BCUT2D eigenvalue weighted by molar-refractivity contribution is -0.127. The Kier molecular flexibility index (Phi) is 5.86. The molecule has 1 aliphatic heterocycles. The highest BCUT2D eigenvalue weighted by Crippen LogP contribution is 2.36. The summed E-state index contributed by atoms with van der Waals surface area (Å²) in [7, 11) is 0. The summed E-state index contributed by atoms with van der Waals surface area (Å²) in [4.78, 5) is 26.8. The maximum Gasteiger partial charge on any atom is 0.246 e. The molecular formula is C19H28N2O3. The van der Waals surface area contributed by atoms with Gasteiger partial charge in [0.1, 0.15) is 11.3 Å². The first-order valence-corrected chi connectivity index (χ1v) is 8.72. The molecule has 0 aliphatic carbocycles. The van der Waals surface area contributed by atoms with Crippen LogP contribution in [0, 0.1) is 5.92 Å². The van der Waals surface area contributed by atoms with Crippen LogP contribution < -0.4 is 15.0 Å². The zero-order valence-corrected chi connectivity index (χ0v) is 15.1. The summed E-state index contributed by atoms with van der Waals surface area (Å²) in [6.45, 7) is 9.25. The van der Waals surface area contributed by atoms with Crippen molar-refractivity contribution in [2.24, 2.45) is 5.92 Å². The second kappa shape index (κ2) is 7.69.